The molecule has 1 aromatic heterocycles. The zero-order chi connectivity index (χ0) is 19.7. The summed E-state index contributed by atoms with van der Waals surface area (Å²) in [5, 5.41) is 0.502. The largest absolute Gasteiger partial charge is 0.365 e. The first-order valence-electron chi connectivity index (χ1n) is 10.4. The van der Waals surface area contributed by atoms with Crippen LogP contribution in [0.15, 0.2) is 11.1 Å². The Balaban J connectivity index is 1.60. The number of nitrogens with zero attached hydrogens (tertiary/aromatic N) is 1. The van der Waals surface area contributed by atoms with E-state index in [1.807, 2.05) is 0 Å². The number of carbonyl (C=O) groups excluding carboxylic acids is 3. The number of nitrogens with two attached hydrogens (primary N) is 1. The van der Waals surface area contributed by atoms with Gasteiger partial charge in [-0.15, -0.1) is 11.3 Å². The summed E-state index contributed by atoms with van der Waals surface area (Å²) in [6.07, 6.45) is 6.91. The normalized spacial score (nSPS) is 31.2. The van der Waals surface area contributed by atoms with Crippen molar-refractivity contribution in [2.24, 2.45) is 29.4 Å². The van der Waals surface area contributed by atoms with E-state index in [4.69, 9.17) is 5.73 Å². The zero-order valence-electron chi connectivity index (χ0n) is 16.4. The second kappa shape index (κ2) is 6.28. The quantitative estimate of drug-likeness (QED) is 0.470. The molecular formula is C22H26N2O3S. The van der Waals surface area contributed by atoms with Gasteiger partial charge in [0.2, 0.25) is 11.8 Å². The van der Waals surface area contributed by atoms with E-state index in [1.54, 1.807) is 0 Å². The number of thiophene rings is 1. The van der Waals surface area contributed by atoms with Crippen molar-refractivity contribution < 1.29 is 14.4 Å². The zero-order valence-corrected chi connectivity index (χ0v) is 17.2. The van der Waals surface area contributed by atoms with Crippen LogP contribution in [-0.2, 0) is 22.4 Å². The van der Waals surface area contributed by atoms with Crippen LogP contribution in [0.4, 0.5) is 5.00 Å². The molecule has 1 aliphatic heterocycles. The Morgan fingerprint density at radius 2 is 1.61 bits per heavy atom. The molecular weight excluding hydrogens is 372 g/mol. The number of carbonyl (C=O) groups is 3. The molecule has 148 valence electrons. The molecule has 3 fully saturated rings. The number of hydrogen-bond donors (Lipinski definition) is 1. The van der Waals surface area contributed by atoms with Crippen LogP contribution in [0.2, 0.25) is 0 Å². The molecule has 2 N–H and O–H groups in total. The Labute approximate surface area is 169 Å². The number of anilines is 1. The standard InChI is InChI=1S/C22H26N2O3S/c1-10(2)15-12-8-9-13(15)17-16(12)20(26)24(21(17)27)22-18(19(23)25)11-6-4-3-5-7-14(11)28-22/h12-13,16-17H,3-9H2,1-2H3,(H2,23,25)/t12-,13+,16-,17-/m0/s1. The molecule has 2 bridgehead atoms. The highest BCUT2D eigenvalue weighted by molar-refractivity contribution is 7.17. The molecule has 1 aromatic rings. The minimum atomic E-state index is -0.514. The molecule has 28 heavy (non-hydrogen) atoms. The molecule has 3 amide bonds. The maximum absolute atomic E-state index is 13.4. The number of amides is 3. The van der Waals surface area contributed by atoms with Crippen molar-refractivity contribution in [3.05, 3.63) is 27.2 Å². The number of aryl methyl sites for hydroxylation is 1. The van der Waals surface area contributed by atoms with Gasteiger partial charge < -0.3 is 5.73 Å². The van der Waals surface area contributed by atoms with E-state index in [2.05, 4.69) is 13.8 Å². The van der Waals surface area contributed by atoms with E-state index in [1.165, 1.54) is 27.4 Å². The lowest BCUT2D eigenvalue weighted by molar-refractivity contribution is -0.122. The second-order valence-electron chi connectivity index (χ2n) is 8.92. The minimum absolute atomic E-state index is 0.111. The third kappa shape index (κ3) is 2.27. The summed E-state index contributed by atoms with van der Waals surface area (Å²) in [6.45, 7) is 4.19. The van der Waals surface area contributed by atoms with Gasteiger partial charge in [-0.05, 0) is 69.8 Å². The summed E-state index contributed by atoms with van der Waals surface area (Å²) < 4.78 is 0. The van der Waals surface area contributed by atoms with Crippen LogP contribution in [0.1, 0.15) is 66.8 Å². The molecule has 1 saturated heterocycles. The number of rotatable bonds is 2. The van der Waals surface area contributed by atoms with Gasteiger partial charge in [-0.25, -0.2) is 4.90 Å². The lowest BCUT2D eigenvalue weighted by atomic mass is 9.81. The molecule has 3 aliphatic carbocycles. The van der Waals surface area contributed by atoms with Crippen LogP contribution in [0.25, 0.3) is 0 Å². The van der Waals surface area contributed by atoms with Crippen molar-refractivity contribution in [1.29, 1.82) is 0 Å². The smallest absolute Gasteiger partial charge is 0.252 e. The van der Waals surface area contributed by atoms with Crippen molar-refractivity contribution in [3.63, 3.8) is 0 Å². The van der Waals surface area contributed by atoms with Gasteiger partial charge in [0.1, 0.15) is 5.00 Å². The second-order valence-corrected chi connectivity index (χ2v) is 10.0. The van der Waals surface area contributed by atoms with Crippen molar-refractivity contribution in [2.45, 2.75) is 58.8 Å². The summed E-state index contributed by atoms with van der Waals surface area (Å²) in [5.74, 6) is -0.857. The van der Waals surface area contributed by atoms with Gasteiger partial charge in [-0.2, -0.15) is 0 Å². The van der Waals surface area contributed by atoms with Crippen LogP contribution in [0.3, 0.4) is 0 Å². The minimum Gasteiger partial charge on any atom is -0.365 e. The fraction of sp³-hybridized carbons (Fsp3) is 0.591. The van der Waals surface area contributed by atoms with Gasteiger partial charge in [0.25, 0.3) is 5.91 Å². The van der Waals surface area contributed by atoms with Gasteiger partial charge in [0.15, 0.2) is 0 Å². The lowest BCUT2D eigenvalue weighted by Crippen LogP contribution is -2.34. The molecule has 5 rings (SSSR count). The highest BCUT2D eigenvalue weighted by Gasteiger charge is 2.64. The monoisotopic (exact) mass is 398 g/mol. The van der Waals surface area contributed by atoms with Crippen molar-refractivity contribution in [1.82, 2.24) is 0 Å². The summed E-state index contributed by atoms with van der Waals surface area (Å²) in [6, 6.07) is 0. The maximum Gasteiger partial charge on any atom is 0.252 e. The Morgan fingerprint density at radius 3 is 2.18 bits per heavy atom. The third-order valence-corrected chi connectivity index (χ3v) is 8.56. The molecule has 6 heteroatoms. The molecule has 4 aliphatic rings. The van der Waals surface area contributed by atoms with Crippen LogP contribution < -0.4 is 10.6 Å². The van der Waals surface area contributed by atoms with E-state index in [-0.39, 0.29) is 35.5 Å². The van der Waals surface area contributed by atoms with Gasteiger partial charge >= 0.3 is 0 Å². The van der Waals surface area contributed by atoms with Crippen LogP contribution in [-0.4, -0.2) is 17.7 Å². The lowest BCUT2D eigenvalue weighted by Gasteiger charge is -2.19. The van der Waals surface area contributed by atoms with E-state index in [0.29, 0.717) is 10.6 Å². The Hall–Kier alpha value is -1.95. The fourth-order valence-corrected chi connectivity index (χ4v) is 7.74. The highest BCUT2D eigenvalue weighted by Crippen LogP contribution is 2.61. The Kier molecular flexibility index (Phi) is 4.06. The molecule has 4 atom stereocenters. The first-order chi connectivity index (χ1) is 13.4. The molecule has 0 spiro atoms. The van der Waals surface area contributed by atoms with E-state index in [0.717, 1.165) is 55.4 Å². The van der Waals surface area contributed by atoms with Crippen molar-refractivity contribution >= 4 is 34.1 Å². The maximum atomic E-state index is 13.4. The highest BCUT2D eigenvalue weighted by atomic mass is 32.1. The van der Waals surface area contributed by atoms with Crippen LogP contribution >= 0.6 is 11.3 Å². The first-order valence-corrected chi connectivity index (χ1v) is 11.2. The van der Waals surface area contributed by atoms with Crippen LogP contribution in [0, 0.1) is 23.7 Å². The fourth-order valence-electron chi connectivity index (χ4n) is 6.33. The molecule has 2 saturated carbocycles. The Bertz CT molecular complexity index is 908. The molecule has 0 aromatic carbocycles. The van der Waals surface area contributed by atoms with Gasteiger partial charge in [-0.1, -0.05) is 17.6 Å². The summed E-state index contributed by atoms with van der Waals surface area (Å²) >= 11 is 1.45. The van der Waals surface area contributed by atoms with Gasteiger partial charge in [0.05, 0.1) is 17.4 Å². The van der Waals surface area contributed by atoms with Gasteiger partial charge in [-0.3, -0.25) is 14.4 Å². The summed E-state index contributed by atoms with van der Waals surface area (Å²) in [7, 11) is 0. The molecule has 0 radical (unpaired) electrons. The van der Waals surface area contributed by atoms with Gasteiger partial charge in [0, 0.05) is 4.88 Å². The number of allylic oxidation sites excluding steroid dienone is 2. The van der Waals surface area contributed by atoms with Crippen LogP contribution in [0.5, 0.6) is 0 Å². The van der Waals surface area contributed by atoms with E-state index < -0.39 is 5.91 Å². The molecule has 2 heterocycles. The van der Waals surface area contributed by atoms with E-state index >= 15 is 0 Å². The Morgan fingerprint density at radius 1 is 1.00 bits per heavy atom. The number of imide groups is 1. The number of primary amides is 1. The molecule has 0 unspecified atom stereocenters. The molecule has 5 nitrogen and oxygen atoms in total. The summed E-state index contributed by atoms with van der Waals surface area (Å²) in [4.78, 5) is 41.7. The van der Waals surface area contributed by atoms with Crippen molar-refractivity contribution in [3.8, 4) is 0 Å². The number of hydrogen-bond acceptors (Lipinski definition) is 4. The van der Waals surface area contributed by atoms with Crippen molar-refractivity contribution in [2.75, 3.05) is 4.90 Å². The number of fused-ring (bicyclic) bond motifs is 6. The average Bonchev–Trinajstić information content (AvgIpc) is 3.32. The predicted molar refractivity (Wildman–Crippen MR) is 108 cm³/mol. The topological polar surface area (TPSA) is 80.5 Å². The van der Waals surface area contributed by atoms with E-state index in [9.17, 15) is 14.4 Å². The first kappa shape index (κ1) is 18.1. The SMILES string of the molecule is CC(C)=C1[C@H]2CC[C@@H]1[C@@H]1C(=O)N(c3sc4c(c3C(N)=O)CCCCC4)C(=O)[C@H]12. The third-order valence-electron chi connectivity index (χ3n) is 7.28. The predicted octanol–water partition coefficient (Wildman–Crippen LogP) is 3.60. The average molecular weight is 399 g/mol. The summed E-state index contributed by atoms with van der Waals surface area (Å²) in [5.41, 5.74) is 9.76.